The van der Waals surface area contributed by atoms with Crippen LogP contribution in [0.2, 0.25) is 0 Å². The van der Waals surface area contributed by atoms with E-state index >= 15 is 0 Å². The molecule has 1 rings (SSSR count). The Hall–Kier alpha value is -1.89. The number of primary amides is 1. The second-order valence-corrected chi connectivity index (χ2v) is 2.82. The van der Waals surface area contributed by atoms with Crippen LogP contribution in [0.1, 0.15) is 10.4 Å². The van der Waals surface area contributed by atoms with Gasteiger partial charge in [0.1, 0.15) is 0 Å². The SMILES string of the molecule is C=CC(=O)O.C=CC(N)=O.O=C(O)c1ccccc1.[NaH]. The summed E-state index contributed by atoms with van der Waals surface area (Å²) in [7, 11) is 0. The molecule has 104 valence electrons. The third-order valence-corrected chi connectivity index (χ3v) is 1.40. The number of hydrogen-bond acceptors (Lipinski definition) is 3. The van der Waals surface area contributed by atoms with Gasteiger partial charge in [0.15, 0.2) is 0 Å². The van der Waals surface area contributed by atoms with Crippen LogP contribution in [0, 0.1) is 0 Å². The summed E-state index contributed by atoms with van der Waals surface area (Å²) in [4.78, 5) is 28.9. The molecule has 7 heteroatoms. The van der Waals surface area contributed by atoms with Crippen molar-refractivity contribution in [3.8, 4) is 0 Å². The maximum atomic E-state index is 10.2. The number of benzene rings is 1. The van der Waals surface area contributed by atoms with E-state index in [9.17, 15) is 14.4 Å². The van der Waals surface area contributed by atoms with Crippen LogP contribution in [-0.2, 0) is 9.59 Å². The van der Waals surface area contributed by atoms with Crippen molar-refractivity contribution in [3.05, 3.63) is 61.2 Å². The van der Waals surface area contributed by atoms with Crippen LogP contribution in [0.5, 0.6) is 0 Å². The number of nitrogens with two attached hydrogens (primary N) is 1. The third kappa shape index (κ3) is 18.5. The summed E-state index contributed by atoms with van der Waals surface area (Å²) in [6.45, 7) is 6.05. The molecular weight excluding hydrogens is 273 g/mol. The monoisotopic (exact) mass is 289 g/mol. The van der Waals surface area contributed by atoms with E-state index in [1.807, 2.05) is 0 Å². The molecule has 0 aromatic heterocycles. The van der Waals surface area contributed by atoms with Gasteiger partial charge in [-0.2, -0.15) is 0 Å². The molecule has 1 amide bonds. The topological polar surface area (TPSA) is 118 Å². The van der Waals surface area contributed by atoms with Crippen LogP contribution in [0.25, 0.3) is 0 Å². The van der Waals surface area contributed by atoms with E-state index < -0.39 is 17.8 Å². The molecule has 1 aromatic rings. The molecule has 6 nitrogen and oxygen atoms in total. The molecule has 0 heterocycles. The van der Waals surface area contributed by atoms with Gasteiger partial charge in [0.2, 0.25) is 5.91 Å². The summed E-state index contributed by atoms with van der Waals surface area (Å²) >= 11 is 0. The Balaban J connectivity index is -0.000000230. The van der Waals surface area contributed by atoms with E-state index in [1.165, 1.54) is 0 Å². The normalized spacial score (nSPS) is 7.20. The van der Waals surface area contributed by atoms with Crippen molar-refractivity contribution in [2.24, 2.45) is 5.73 Å². The summed E-state index contributed by atoms with van der Waals surface area (Å²) in [6, 6.07) is 8.30. The molecule has 0 radical (unpaired) electrons. The van der Waals surface area contributed by atoms with Crippen LogP contribution in [-0.4, -0.2) is 57.6 Å². The van der Waals surface area contributed by atoms with E-state index in [0.717, 1.165) is 12.2 Å². The molecule has 0 spiro atoms. The molecule has 0 atom stereocenters. The van der Waals surface area contributed by atoms with Gasteiger partial charge in [-0.05, 0) is 18.2 Å². The molecule has 0 aliphatic rings. The zero-order chi connectivity index (χ0) is 15.3. The van der Waals surface area contributed by atoms with E-state index in [-0.39, 0.29) is 29.6 Å². The molecule has 0 aliphatic heterocycles. The van der Waals surface area contributed by atoms with Crippen LogP contribution < -0.4 is 5.73 Å². The van der Waals surface area contributed by atoms with Gasteiger partial charge in [-0.1, -0.05) is 31.4 Å². The molecule has 1 aromatic carbocycles. The van der Waals surface area contributed by atoms with E-state index in [1.54, 1.807) is 30.3 Å². The van der Waals surface area contributed by atoms with Crippen molar-refractivity contribution >= 4 is 47.4 Å². The van der Waals surface area contributed by atoms with Crippen LogP contribution >= 0.6 is 0 Å². The standard InChI is InChI=1S/C7H6O2.C3H5NO.C3H4O2.Na.H/c8-7(9)6-4-2-1-3-5-6;2*1-2-3(4)5;;/h1-5H,(H,8,9);2H,1H2,(H2,4,5);2H,1H2,(H,4,5);;. The first kappa shape index (κ1) is 23.2. The Morgan fingerprint density at radius 1 is 1.00 bits per heavy atom. The maximum absolute atomic E-state index is 10.2. The van der Waals surface area contributed by atoms with Crippen LogP contribution in [0.4, 0.5) is 0 Å². The minimum absolute atomic E-state index is 0. The van der Waals surface area contributed by atoms with Gasteiger partial charge in [0.25, 0.3) is 0 Å². The molecule has 4 N–H and O–H groups in total. The Morgan fingerprint density at radius 3 is 1.50 bits per heavy atom. The molecule has 0 unspecified atom stereocenters. The second-order valence-electron chi connectivity index (χ2n) is 2.82. The van der Waals surface area contributed by atoms with Crippen molar-refractivity contribution in [1.82, 2.24) is 0 Å². The number of amides is 1. The van der Waals surface area contributed by atoms with Crippen molar-refractivity contribution in [2.75, 3.05) is 0 Å². The fourth-order valence-electron chi connectivity index (χ4n) is 0.581. The van der Waals surface area contributed by atoms with Gasteiger partial charge in [0, 0.05) is 6.08 Å². The summed E-state index contributed by atoms with van der Waals surface area (Å²) in [5.74, 6) is -2.34. The average molecular weight is 289 g/mol. The fourth-order valence-corrected chi connectivity index (χ4v) is 0.581. The van der Waals surface area contributed by atoms with Gasteiger partial charge in [0.05, 0.1) is 5.56 Å². The predicted octanol–water partition coefficient (Wildman–Crippen LogP) is 0.651. The first-order valence-corrected chi connectivity index (χ1v) is 4.90. The van der Waals surface area contributed by atoms with Crippen molar-refractivity contribution in [3.63, 3.8) is 0 Å². The van der Waals surface area contributed by atoms with Gasteiger partial charge >= 0.3 is 41.5 Å². The number of hydrogen-bond donors (Lipinski definition) is 3. The van der Waals surface area contributed by atoms with Gasteiger partial charge in [-0.15, -0.1) is 0 Å². The average Bonchev–Trinajstić information content (AvgIpc) is 2.41. The van der Waals surface area contributed by atoms with Gasteiger partial charge in [-0.25, -0.2) is 9.59 Å². The van der Waals surface area contributed by atoms with E-state index in [2.05, 4.69) is 18.9 Å². The molecule has 0 fully saturated rings. The Bertz CT molecular complexity index is 427. The minimum atomic E-state index is -0.981. The van der Waals surface area contributed by atoms with Crippen molar-refractivity contribution in [1.29, 1.82) is 0 Å². The van der Waals surface area contributed by atoms with Crippen molar-refractivity contribution in [2.45, 2.75) is 0 Å². The summed E-state index contributed by atoms with van der Waals surface area (Å²) in [6.07, 6.45) is 1.89. The zero-order valence-electron chi connectivity index (χ0n) is 10.2. The number of rotatable bonds is 3. The number of carbonyl (C=O) groups excluding carboxylic acids is 1. The fraction of sp³-hybridized carbons (Fsp3) is 0. The van der Waals surface area contributed by atoms with Crippen LogP contribution in [0.15, 0.2) is 55.6 Å². The number of carbonyl (C=O) groups is 3. The molecule has 0 aliphatic carbocycles. The summed E-state index contributed by atoms with van der Waals surface area (Å²) < 4.78 is 0. The van der Waals surface area contributed by atoms with Crippen molar-refractivity contribution < 1.29 is 24.6 Å². The van der Waals surface area contributed by atoms with Crippen LogP contribution in [0.3, 0.4) is 0 Å². The second kappa shape index (κ2) is 15.2. The van der Waals surface area contributed by atoms with E-state index in [0.29, 0.717) is 5.56 Å². The number of aliphatic carboxylic acids is 1. The van der Waals surface area contributed by atoms with Gasteiger partial charge in [-0.3, -0.25) is 4.79 Å². The quantitative estimate of drug-likeness (QED) is 0.558. The summed E-state index contributed by atoms with van der Waals surface area (Å²) in [5.41, 5.74) is 4.87. The molecule has 0 bridgehead atoms. The number of aromatic carboxylic acids is 1. The predicted molar refractivity (Wildman–Crippen MR) is 77.8 cm³/mol. The van der Waals surface area contributed by atoms with E-state index in [4.69, 9.17) is 10.2 Å². The zero-order valence-corrected chi connectivity index (χ0v) is 10.2. The Morgan fingerprint density at radius 2 is 1.35 bits per heavy atom. The molecule has 0 saturated heterocycles. The molecule has 20 heavy (non-hydrogen) atoms. The first-order chi connectivity index (χ1) is 8.84. The Labute approximate surface area is 138 Å². The number of carboxylic acid groups (broad SMARTS) is 2. The van der Waals surface area contributed by atoms with Gasteiger partial charge < -0.3 is 15.9 Å². The first-order valence-electron chi connectivity index (χ1n) is 4.90. The molecular formula is C13H16NNaO5. The Kier molecular flexibility index (Phi) is 17.6. The summed E-state index contributed by atoms with van der Waals surface area (Å²) in [5, 5.41) is 16.0. The third-order valence-electron chi connectivity index (χ3n) is 1.40. The number of carboxylic acids is 2. The molecule has 0 saturated carbocycles.